The van der Waals surface area contributed by atoms with Crippen LogP contribution in [0.15, 0.2) is 0 Å². The molecule has 0 aliphatic heterocycles. The van der Waals surface area contributed by atoms with Crippen molar-refractivity contribution in [2.24, 2.45) is 5.92 Å². The van der Waals surface area contributed by atoms with Crippen LogP contribution in [-0.4, -0.2) is 24.6 Å². The summed E-state index contributed by atoms with van der Waals surface area (Å²) in [5.74, 6) is 2.36. The van der Waals surface area contributed by atoms with E-state index in [9.17, 15) is 0 Å². The Bertz CT molecular complexity index is 112. The van der Waals surface area contributed by atoms with Crippen LogP contribution in [0.4, 0.5) is 0 Å². The van der Waals surface area contributed by atoms with E-state index in [1.165, 1.54) is 38.0 Å². The summed E-state index contributed by atoms with van der Waals surface area (Å²) in [6.07, 6.45) is 7.86. The maximum Gasteiger partial charge on any atom is 0.00413 e. The second kappa shape index (κ2) is 5.87. The zero-order valence-corrected chi connectivity index (χ0v) is 9.12. The van der Waals surface area contributed by atoms with Gasteiger partial charge in [0.1, 0.15) is 0 Å². The van der Waals surface area contributed by atoms with Crippen LogP contribution in [0, 0.1) is 5.92 Å². The maximum absolute atomic E-state index is 3.58. The summed E-state index contributed by atoms with van der Waals surface area (Å²) < 4.78 is 0. The van der Waals surface area contributed by atoms with E-state index in [1.54, 1.807) is 0 Å². The van der Waals surface area contributed by atoms with Gasteiger partial charge in [-0.1, -0.05) is 12.8 Å². The van der Waals surface area contributed by atoms with Gasteiger partial charge < -0.3 is 5.32 Å². The Kier molecular flexibility index (Phi) is 5.08. The fraction of sp³-hybridized carbons (Fsp3) is 1.00. The van der Waals surface area contributed by atoms with E-state index < -0.39 is 0 Å². The van der Waals surface area contributed by atoms with E-state index in [2.05, 4.69) is 18.5 Å². The number of thioether (sulfide) groups is 1. The van der Waals surface area contributed by atoms with Crippen molar-refractivity contribution in [3.05, 3.63) is 0 Å². The Labute approximate surface area is 80.7 Å². The van der Waals surface area contributed by atoms with Crippen molar-refractivity contribution in [1.29, 1.82) is 0 Å². The van der Waals surface area contributed by atoms with Crippen LogP contribution in [0.5, 0.6) is 0 Å². The highest BCUT2D eigenvalue weighted by Gasteiger charge is 2.22. The molecule has 0 bridgehead atoms. The van der Waals surface area contributed by atoms with Crippen LogP contribution in [0.2, 0.25) is 0 Å². The standard InChI is InChI=1S/C10H21NS/c1-9(8-10-4-5-10)11-6-3-7-12-2/h9-11H,3-8H2,1-2H3. The monoisotopic (exact) mass is 187 g/mol. The molecule has 1 saturated carbocycles. The van der Waals surface area contributed by atoms with Gasteiger partial charge in [0.25, 0.3) is 0 Å². The van der Waals surface area contributed by atoms with Crippen LogP contribution in [0.25, 0.3) is 0 Å². The van der Waals surface area contributed by atoms with Crippen molar-refractivity contribution in [1.82, 2.24) is 5.32 Å². The fourth-order valence-corrected chi connectivity index (χ4v) is 1.93. The molecule has 0 spiro atoms. The highest BCUT2D eigenvalue weighted by molar-refractivity contribution is 7.98. The second-order valence-corrected chi connectivity index (χ2v) is 4.87. The maximum atomic E-state index is 3.58. The molecule has 0 aromatic carbocycles. The predicted molar refractivity (Wildman–Crippen MR) is 57.8 cm³/mol. The molecule has 1 aliphatic carbocycles. The van der Waals surface area contributed by atoms with Gasteiger partial charge in [-0.2, -0.15) is 11.8 Å². The Morgan fingerprint density at radius 2 is 2.25 bits per heavy atom. The third-order valence-electron chi connectivity index (χ3n) is 2.40. The number of hydrogen-bond acceptors (Lipinski definition) is 2. The van der Waals surface area contributed by atoms with E-state index >= 15 is 0 Å². The summed E-state index contributed by atoms with van der Waals surface area (Å²) in [6.45, 7) is 3.52. The largest absolute Gasteiger partial charge is 0.314 e. The SMILES string of the molecule is CSCCCNC(C)CC1CC1. The van der Waals surface area contributed by atoms with Gasteiger partial charge >= 0.3 is 0 Å². The molecule has 0 saturated heterocycles. The van der Waals surface area contributed by atoms with Crippen molar-refractivity contribution < 1.29 is 0 Å². The summed E-state index contributed by atoms with van der Waals surface area (Å²) in [6, 6.07) is 0.749. The lowest BCUT2D eigenvalue weighted by Gasteiger charge is -2.12. The lowest BCUT2D eigenvalue weighted by Crippen LogP contribution is -2.27. The molecule has 1 rings (SSSR count). The normalized spacial score (nSPS) is 19.5. The molecule has 1 aliphatic rings. The van der Waals surface area contributed by atoms with Gasteiger partial charge in [0.15, 0.2) is 0 Å². The summed E-state index contributed by atoms with van der Waals surface area (Å²) in [7, 11) is 0. The first-order valence-electron chi connectivity index (χ1n) is 5.05. The Morgan fingerprint density at radius 1 is 1.50 bits per heavy atom. The number of nitrogens with one attached hydrogen (secondary N) is 1. The van der Waals surface area contributed by atoms with E-state index in [1.807, 2.05) is 11.8 Å². The molecular weight excluding hydrogens is 166 g/mol. The third-order valence-corrected chi connectivity index (χ3v) is 3.10. The third kappa shape index (κ3) is 5.04. The Hall–Kier alpha value is 0.310. The summed E-state index contributed by atoms with van der Waals surface area (Å²) in [4.78, 5) is 0. The second-order valence-electron chi connectivity index (χ2n) is 3.88. The van der Waals surface area contributed by atoms with E-state index in [0.717, 1.165) is 12.0 Å². The van der Waals surface area contributed by atoms with E-state index in [-0.39, 0.29) is 0 Å². The molecule has 12 heavy (non-hydrogen) atoms. The molecule has 1 N–H and O–H groups in total. The molecule has 1 fully saturated rings. The average Bonchev–Trinajstić information content (AvgIpc) is 2.82. The minimum Gasteiger partial charge on any atom is -0.314 e. The van der Waals surface area contributed by atoms with Crippen LogP contribution < -0.4 is 5.32 Å². The van der Waals surface area contributed by atoms with E-state index in [4.69, 9.17) is 0 Å². The molecule has 1 nitrogen and oxygen atoms in total. The van der Waals surface area contributed by atoms with Gasteiger partial charge in [-0.25, -0.2) is 0 Å². The van der Waals surface area contributed by atoms with Crippen molar-refractivity contribution >= 4 is 11.8 Å². The zero-order chi connectivity index (χ0) is 8.81. The fourth-order valence-electron chi connectivity index (χ4n) is 1.50. The minimum absolute atomic E-state index is 0.749. The lowest BCUT2D eigenvalue weighted by molar-refractivity contribution is 0.489. The zero-order valence-electron chi connectivity index (χ0n) is 8.31. The van der Waals surface area contributed by atoms with Crippen molar-refractivity contribution in [3.63, 3.8) is 0 Å². The predicted octanol–water partition coefficient (Wildman–Crippen LogP) is 2.52. The summed E-state index contributed by atoms with van der Waals surface area (Å²) >= 11 is 1.94. The summed E-state index contributed by atoms with van der Waals surface area (Å²) in [5, 5.41) is 3.58. The Balaban J connectivity index is 1.83. The molecular formula is C10H21NS. The summed E-state index contributed by atoms with van der Waals surface area (Å²) in [5.41, 5.74) is 0. The van der Waals surface area contributed by atoms with Crippen molar-refractivity contribution in [3.8, 4) is 0 Å². The lowest BCUT2D eigenvalue weighted by atomic mass is 10.1. The average molecular weight is 187 g/mol. The van der Waals surface area contributed by atoms with Crippen molar-refractivity contribution in [2.75, 3.05) is 18.6 Å². The van der Waals surface area contributed by atoms with Gasteiger partial charge in [-0.05, 0) is 44.2 Å². The molecule has 0 amide bonds. The minimum atomic E-state index is 0.749. The number of hydrogen-bond donors (Lipinski definition) is 1. The molecule has 0 radical (unpaired) electrons. The first-order chi connectivity index (χ1) is 5.83. The van der Waals surface area contributed by atoms with Gasteiger partial charge in [0, 0.05) is 6.04 Å². The molecule has 0 aromatic rings. The van der Waals surface area contributed by atoms with Crippen LogP contribution in [0.3, 0.4) is 0 Å². The van der Waals surface area contributed by atoms with E-state index in [0.29, 0.717) is 0 Å². The molecule has 1 unspecified atom stereocenters. The number of rotatable bonds is 7. The van der Waals surface area contributed by atoms with Gasteiger partial charge in [0.2, 0.25) is 0 Å². The van der Waals surface area contributed by atoms with Crippen LogP contribution >= 0.6 is 11.8 Å². The van der Waals surface area contributed by atoms with Crippen molar-refractivity contribution in [2.45, 2.75) is 38.6 Å². The molecule has 0 heterocycles. The molecule has 0 aromatic heterocycles. The Morgan fingerprint density at radius 3 is 2.83 bits per heavy atom. The van der Waals surface area contributed by atoms with Crippen LogP contribution in [0.1, 0.15) is 32.6 Å². The highest BCUT2D eigenvalue weighted by atomic mass is 32.2. The van der Waals surface area contributed by atoms with Gasteiger partial charge in [0.05, 0.1) is 0 Å². The molecule has 2 heteroatoms. The first kappa shape index (κ1) is 10.4. The highest BCUT2D eigenvalue weighted by Crippen LogP contribution is 2.33. The quantitative estimate of drug-likeness (QED) is 0.615. The molecule has 72 valence electrons. The van der Waals surface area contributed by atoms with Gasteiger partial charge in [-0.3, -0.25) is 0 Å². The topological polar surface area (TPSA) is 12.0 Å². The van der Waals surface area contributed by atoms with Gasteiger partial charge in [-0.15, -0.1) is 0 Å². The molecule has 1 atom stereocenters. The smallest absolute Gasteiger partial charge is 0.00413 e. The van der Waals surface area contributed by atoms with Crippen LogP contribution in [-0.2, 0) is 0 Å². The first-order valence-corrected chi connectivity index (χ1v) is 6.44.